The van der Waals surface area contributed by atoms with Gasteiger partial charge in [0.2, 0.25) is 0 Å². The molecule has 1 aliphatic heterocycles. The molecule has 0 unspecified atom stereocenters. The lowest BCUT2D eigenvalue weighted by molar-refractivity contribution is -0.121. The minimum atomic E-state index is -0.312. The first-order chi connectivity index (χ1) is 11.9. The largest absolute Gasteiger partial charge is 0.293 e. The number of amides is 3. The molecule has 3 amide bonds. The highest BCUT2D eigenvalue weighted by Gasteiger charge is 2.32. The van der Waals surface area contributed by atoms with Crippen LogP contribution in [0.5, 0.6) is 0 Å². The van der Waals surface area contributed by atoms with Crippen molar-refractivity contribution < 1.29 is 14.4 Å². The Morgan fingerprint density at radius 3 is 2.44 bits per heavy atom. The molecule has 1 aliphatic rings. The Morgan fingerprint density at radius 1 is 1.16 bits per heavy atom. The Morgan fingerprint density at radius 2 is 1.84 bits per heavy atom. The molecule has 25 heavy (non-hydrogen) atoms. The number of hydrogen-bond donors (Lipinski definition) is 1. The third kappa shape index (κ3) is 3.23. The van der Waals surface area contributed by atoms with Crippen molar-refractivity contribution in [3.8, 4) is 0 Å². The number of aromatic nitrogens is 1. The van der Waals surface area contributed by atoms with E-state index in [0.717, 1.165) is 33.6 Å². The van der Waals surface area contributed by atoms with Gasteiger partial charge in [0.1, 0.15) is 0 Å². The van der Waals surface area contributed by atoms with Crippen LogP contribution >= 0.6 is 11.8 Å². The maximum Gasteiger partial charge on any atom is 0.293 e. The Labute approximate surface area is 149 Å². The average molecular weight is 355 g/mol. The fraction of sp³-hybridized carbons (Fsp3) is 0.167. The SMILES string of the molecule is Cc1cc(/C=C2/SC(=O)N(C)C2=O)c(C)n1NC(=O)c1ccccc1. The number of nitrogens with zero attached hydrogens (tertiary/aromatic N) is 2. The standard InChI is InChI=1S/C18H17N3O3S/c1-11-9-14(10-15-17(23)20(3)18(24)25-15)12(2)21(11)19-16(22)13-7-5-4-6-8-13/h4-10H,1-3H3,(H,19,22)/b15-10+. The molecular weight excluding hydrogens is 338 g/mol. The molecule has 128 valence electrons. The number of aryl methyl sites for hydroxylation is 1. The number of rotatable bonds is 3. The van der Waals surface area contributed by atoms with Crippen molar-refractivity contribution in [2.75, 3.05) is 12.5 Å². The Hall–Kier alpha value is -2.80. The zero-order valence-electron chi connectivity index (χ0n) is 14.1. The van der Waals surface area contributed by atoms with E-state index < -0.39 is 0 Å². The predicted molar refractivity (Wildman–Crippen MR) is 97.8 cm³/mol. The lowest BCUT2D eigenvalue weighted by Crippen LogP contribution is -2.24. The number of hydrogen-bond acceptors (Lipinski definition) is 4. The van der Waals surface area contributed by atoms with Gasteiger partial charge in [-0.15, -0.1) is 0 Å². The predicted octanol–water partition coefficient (Wildman–Crippen LogP) is 3.15. The Balaban J connectivity index is 1.88. The first-order valence-electron chi connectivity index (χ1n) is 7.65. The zero-order valence-corrected chi connectivity index (χ0v) is 14.9. The van der Waals surface area contributed by atoms with Crippen LogP contribution in [0.2, 0.25) is 0 Å². The van der Waals surface area contributed by atoms with Gasteiger partial charge < -0.3 is 0 Å². The summed E-state index contributed by atoms with van der Waals surface area (Å²) in [5.74, 6) is -0.532. The topological polar surface area (TPSA) is 71.4 Å². The molecule has 1 fully saturated rings. The number of thioether (sulfide) groups is 1. The molecule has 0 atom stereocenters. The van der Waals surface area contributed by atoms with E-state index in [2.05, 4.69) is 5.43 Å². The van der Waals surface area contributed by atoms with Crippen LogP contribution in [0.15, 0.2) is 41.3 Å². The summed E-state index contributed by atoms with van der Waals surface area (Å²) >= 11 is 0.913. The number of imide groups is 1. The van der Waals surface area contributed by atoms with E-state index in [0.29, 0.717) is 10.5 Å². The van der Waals surface area contributed by atoms with E-state index in [1.807, 2.05) is 26.0 Å². The molecule has 1 N–H and O–H groups in total. The summed E-state index contributed by atoms with van der Waals surface area (Å²) in [6.45, 7) is 3.71. The van der Waals surface area contributed by atoms with Crippen LogP contribution in [0, 0.1) is 13.8 Å². The smallest absolute Gasteiger partial charge is 0.272 e. The number of nitrogens with one attached hydrogen (secondary N) is 1. The fourth-order valence-electron chi connectivity index (χ4n) is 2.55. The van der Waals surface area contributed by atoms with E-state index in [-0.39, 0.29) is 17.1 Å². The molecule has 1 aromatic carbocycles. The first kappa shape index (κ1) is 17.0. The monoisotopic (exact) mass is 355 g/mol. The van der Waals surface area contributed by atoms with Crippen molar-refractivity contribution >= 4 is 34.9 Å². The molecule has 6 nitrogen and oxygen atoms in total. The summed E-state index contributed by atoms with van der Waals surface area (Å²) in [6, 6.07) is 10.8. The van der Waals surface area contributed by atoms with Crippen LogP contribution in [0.25, 0.3) is 6.08 Å². The van der Waals surface area contributed by atoms with Crippen LogP contribution in [-0.4, -0.2) is 33.7 Å². The second-order valence-electron chi connectivity index (χ2n) is 5.71. The molecule has 1 aromatic heterocycles. The van der Waals surface area contributed by atoms with E-state index >= 15 is 0 Å². The third-order valence-electron chi connectivity index (χ3n) is 3.99. The molecule has 2 aromatic rings. The van der Waals surface area contributed by atoms with E-state index in [1.165, 1.54) is 7.05 Å². The van der Waals surface area contributed by atoms with Gasteiger partial charge in [-0.25, -0.2) is 0 Å². The quantitative estimate of drug-likeness (QED) is 0.859. The normalized spacial score (nSPS) is 16.0. The van der Waals surface area contributed by atoms with Crippen molar-refractivity contribution in [2.45, 2.75) is 13.8 Å². The molecule has 0 spiro atoms. The second-order valence-corrected chi connectivity index (χ2v) is 6.70. The van der Waals surface area contributed by atoms with Gasteiger partial charge in [0.15, 0.2) is 0 Å². The maximum atomic E-state index is 12.4. The lowest BCUT2D eigenvalue weighted by Gasteiger charge is -2.11. The van der Waals surface area contributed by atoms with Gasteiger partial charge in [-0.05, 0) is 55.4 Å². The minimum absolute atomic E-state index is 0.220. The van der Waals surface area contributed by atoms with Crippen LogP contribution < -0.4 is 5.43 Å². The number of benzene rings is 1. The van der Waals surface area contributed by atoms with Crippen LogP contribution in [0.3, 0.4) is 0 Å². The highest BCUT2D eigenvalue weighted by Crippen LogP contribution is 2.32. The first-order valence-corrected chi connectivity index (χ1v) is 8.47. The highest BCUT2D eigenvalue weighted by molar-refractivity contribution is 8.18. The number of carbonyl (C=O) groups is 3. The molecular formula is C18H17N3O3S. The summed E-state index contributed by atoms with van der Waals surface area (Å²) in [7, 11) is 1.46. The molecule has 2 heterocycles. The Bertz CT molecular complexity index is 900. The zero-order chi connectivity index (χ0) is 18.1. The highest BCUT2D eigenvalue weighted by atomic mass is 32.2. The maximum absolute atomic E-state index is 12.4. The molecule has 0 saturated carbocycles. The number of likely N-dealkylation sites (N-methyl/N-ethyl adjacent to an activating group) is 1. The van der Waals surface area contributed by atoms with Crippen molar-refractivity contribution in [3.63, 3.8) is 0 Å². The van der Waals surface area contributed by atoms with Gasteiger partial charge in [-0.3, -0.25) is 29.4 Å². The lowest BCUT2D eigenvalue weighted by atomic mass is 10.2. The molecule has 0 radical (unpaired) electrons. The van der Waals surface area contributed by atoms with Crippen LogP contribution in [0.1, 0.15) is 27.3 Å². The Kier molecular flexibility index (Phi) is 4.50. The van der Waals surface area contributed by atoms with E-state index in [1.54, 1.807) is 35.0 Å². The number of carbonyl (C=O) groups excluding carboxylic acids is 3. The van der Waals surface area contributed by atoms with E-state index in [9.17, 15) is 14.4 Å². The van der Waals surface area contributed by atoms with Crippen LogP contribution in [0.4, 0.5) is 4.79 Å². The fourth-order valence-corrected chi connectivity index (χ4v) is 3.37. The van der Waals surface area contributed by atoms with Gasteiger partial charge in [-0.2, -0.15) is 0 Å². The minimum Gasteiger partial charge on any atom is -0.272 e. The van der Waals surface area contributed by atoms with Crippen molar-refractivity contribution in [1.29, 1.82) is 0 Å². The summed E-state index contributed by atoms with van der Waals surface area (Å²) in [5, 5.41) is -0.289. The van der Waals surface area contributed by atoms with Crippen LogP contribution in [-0.2, 0) is 4.79 Å². The van der Waals surface area contributed by atoms with Gasteiger partial charge in [0, 0.05) is 24.0 Å². The summed E-state index contributed by atoms with van der Waals surface area (Å²) in [4.78, 5) is 37.5. The van der Waals surface area contributed by atoms with Crippen molar-refractivity contribution in [3.05, 3.63) is 63.8 Å². The average Bonchev–Trinajstić information content (AvgIpc) is 3.00. The van der Waals surface area contributed by atoms with Gasteiger partial charge in [-0.1, -0.05) is 18.2 Å². The molecule has 3 rings (SSSR count). The van der Waals surface area contributed by atoms with Crippen molar-refractivity contribution in [1.82, 2.24) is 9.58 Å². The molecule has 0 bridgehead atoms. The van der Waals surface area contributed by atoms with E-state index in [4.69, 9.17) is 0 Å². The van der Waals surface area contributed by atoms with Gasteiger partial charge in [0.25, 0.3) is 17.1 Å². The molecule has 1 saturated heterocycles. The van der Waals surface area contributed by atoms with Gasteiger partial charge in [0.05, 0.1) is 4.91 Å². The second kappa shape index (κ2) is 6.60. The summed E-state index contributed by atoms with van der Waals surface area (Å²) in [6.07, 6.45) is 1.68. The summed E-state index contributed by atoms with van der Waals surface area (Å²) < 4.78 is 1.68. The molecule has 0 aliphatic carbocycles. The van der Waals surface area contributed by atoms with Crippen molar-refractivity contribution in [2.24, 2.45) is 0 Å². The molecule has 7 heteroatoms. The van der Waals surface area contributed by atoms with Gasteiger partial charge >= 0.3 is 0 Å². The summed E-state index contributed by atoms with van der Waals surface area (Å²) in [5.41, 5.74) is 5.79. The third-order valence-corrected chi connectivity index (χ3v) is 4.95.